The van der Waals surface area contributed by atoms with Gasteiger partial charge in [-0.05, 0) is 24.6 Å². The standard InChI is InChI=1S/C12H17F3N2O/c1-2-5-18-11-4-3-8(12(13,14)15)6-9(11)10(17)7-16/h3-4,6,10H,2,5,7,16-17H2,1H3. The van der Waals surface area contributed by atoms with Gasteiger partial charge in [0.05, 0.1) is 12.2 Å². The van der Waals surface area contributed by atoms with Crippen molar-refractivity contribution in [3.05, 3.63) is 29.3 Å². The van der Waals surface area contributed by atoms with Gasteiger partial charge in [0, 0.05) is 18.2 Å². The smallest absolute Gasteiger partial charge is 0.416 e. The molecule has 1 aromatic carbocycles. The Bertz CT molecular complexity index is 393. The Morgan fingerprint density at radius 3 is 2.50 bits per heavy atom. The van der Waals surface area contributed by atoms with E-state index in [1.54, 1.807) is 0 Å². The monoisotopic (exact) mass is 262 g/mol. The van der Waals surface area contributed by atoms with Crippen LogP contribution in [-0.4, -0.2) is 13.2 Å². The average molecular weight is 262 g/mol. The minimum Gasteiger partial charge on any atom is -0.493 e. The Labute approximate surface area is 104 Å². The lowest BCUT2D eigenvalue weighted by molar-refractivity contribution is -0.137. The summed E-state index contributed by atoms with van der Waals surface area (Å²) in [6.07, 6.45) is -3.63. The molecule has 0 aliphatic carbocycles. The summed E-state index contributed by atoms with van der Waals surface area (Å²) in [4.78, 5) is 0. The van der Waals surface area contributed by atoms with Gasteiger partial charge in [0.15, 0.2) is 0 Å². The molecule has 0 saturated heterocycles. The first-order chi connectivity index (χ1) is 8.40. The highest BCUT2D eigenvalue weighted by atomic mass is 19.4. The van der Waals surface area contributed by atoms with Crippen LogP contribution >= 0.6 is 0 Å². The first-order valence-corrected chi connectivity index (χ1v) is 5.69. The third kappa shape index (κ3) is 3.61. The van der Waals surface area contributed by atoms with E-state index >= 15 is 0 Å². The van der Waals surface area contributed by atoms with E-state index in [1.165, 1.54) is 6.07 Å². The highest BCUT2D eigenvalue weighted by Crippen LogP contribution is 2.34. The van der Waals surface area contributed by atoms with Crippen LogP contribution in [0.1, 0.15) is 30.5 Å². The number of hydrogen-bond donors (Lipinski definition) is 2. The van der Waals surface area contributed by atoms with Gasteiger partial charge in [-0.15, -0.1) is 0 Å². The van der Waals surface area contributed by atoms with Crippen molar-refractivity contribution in [2.75, 3.05) is 13.2 Å². The lowest BCUT2D eigenvalue weighted by atomic mass is 10.0. The molecule has 0 saturated carbocycles. The molecule has 1 aromatic rings. The SMILES string of the molecule is CCCOc1ccc(C(F)(F)F)cc1C(N)CN. The van der Waals surface area contributed by atoms with E-state index in [0.29, 0.717) is 17.9 Å². The number of benzene rings is 1. The zero-order valence-corrected chi connectivity index (χ0v) is 10.1. The van der Waals surface area contributed by atoms with Gasteiger partial charge < -0.3 is 16.2 Å². The van der Waals surface area contributed by atoms with Crippen molar-refractivity contribution in [2.45, 2.75) is 25.6 Å². The van der Waals surface area contributed by atoms with E-state index in [9.17, 15) is 13.2 Å². The number of rotatable bonds is 5. The Morgan fingerprint density at radius 1 is 1.33 bits per heavy atom. The number of nitrogens with two attached hydrogens (primary N) is 2. The second kappa shape index (κ2) is 6.06. The maximum atomic E-state index is 12.6. The maximum absolute atomic E-state index is 12.6. The predicted molar refractivity (Wildman–Crippen MR) is 63.2 cm³/mol. The molecule has 0 amide bonds. The van der Waals surface area contributed by atoms with E-state index in [1.807, 2.05) is 6.92 Å². The first kappa shape index (κ1) is 14.8. The van der Waals surface area contributed by atoms with E-state index in [2.05, 4.69) is 0 Å². The molecule has 0 bridgehead atoms. The fourth-order valence-electron chi connectivity index (χ4n) is 1.48. The summed E-state index contributed by atoms with van der Waals surface area (Å²) < 4.78 is 43.2. The van der Waals surface area contributed by atoms with Gasteiger partial charge in [-0.2, -0.15) is 13.2 Å². The first-order valence-electron chi connectivity index (χ1n) is 5.69. The average Bonchev–Trinajstić information content (AvgIpc) is 2.34. The van der Waals surface area contributed by atoms with Crippen LogP contribution in [0.15, 0.2) is 18.2 Å². The minimum atomic E-state index is -4.40. The number of alkyl halides is 3. The lowest BCUT2D eigenvalue weighted by Gasteiger charge is -2.17. The van der Waals surface area contributed by atoms with Crippen molar-refractivity contribution >= 4 is 0 Å². The van der Waals surface area contributed by atoms with Gasteiger partial charge in [-0.25, -0.2) is 0 Å². The van der Waals surface area contributed by atoms with Crippen LogP contribution in [0.25, 0.3) is 0 Å². The fraction of sp³-hybridized carbons (Fsp3) is 0.500. The number of halogens is 3. The van der Waals surface area contributed by atoms with Crippen LogP contribution in [0.4, 0.5) is 13.2 Å². The maximum Gasteiger partial charge on any atom is 0.416 e. The molecule has 4 N–H and O–H groups in total. The fourth-order valence-corrected chi connectivity index (χ4v) is 1.48. The molecule has 1 atom stereocenters. The molecule has 6 heteroatoms. The van der Waals surface area contributed by atoms with Crippen molar-refractivity contribution in [2.24, 2.45) is 11.5 Å². The van der Waals surface area contributed by atoms with Crippen LogP contribution < -0.4 is 16.2 Å². The molecular weight excluding hydrogens is 245 g/mol. The molecule has 1 rings (SSSR count). The zero-order chi connectivity index (χ0) is 13.8. The van der Waals surface area contributed by atoms with Gasteiger partial charge in [0.25, 0.3) is 0 Å². The summed E-state index contributed by atoms with van der Waals surface area (Å²) in [5.74, 6) is 0.364. The molecule has 3 nitrogen and oxygen atoms in total. The largest absolute Gasteiger partial charge is 0.493 e. The quantitative estimate of drug-likeness (QED) is 0.856. The zero-order valence-electron chi connectivity index (χ0n) is 10.1. The topological polar surface area (TPSA) is 61.3 Å². The molecule has 0 heterocycles. The summed E-state index contributed by atoms with van der Waals surface area (Å²) in [5, 5.41) is 0. The summed E-state index contributed by atoms with van der Waals surface area (Å²) in [5.41, 5.74) is 10.7. The molecule has 0 aliphatic rings. The molecule has 0 aromatic heterocycles. The lowest BCUT2D eigenvalue weighted by Crippen LogP contribution is -2.22. The molecule has 102 valence electrons. The van der Waals surface area contributed by atoms with E-state index < -0.39 is 17.8 Å². The summed E-state index contributed by atoms with van der Waals surface area (Å²) in [7, 11) is 0. The van der Waals surface area contributed by atoms with E-state index in [-0.39, 0.29) is 6.54 Å². The molecule has 18 heavy (non-hydrogen) atoms. The highest BCUT2D eigenvalue weighted by Gasteiger charge is 2.31. The third-order valence-corrected chi connectivity index (χ3v) is 2.45. The minimum absolute atomic E-state index is 0.0593. The highest BCUT2D eigenvalue weighted by molar-refractivity contribution is 5.40. The molecule has 1 unspecified atom stereocenters. The second-order valence-corrected chi connectivity index (χ2v) is 3.94. The molecular formula is C12H17F3N2O. The van der Waals surface area contributed by atoms with Crippen molar-refractivity contribution in [3.63, 3.8) is 0 Å². The molecule has 0 fully saturated rings. The Balaban J connectivity index is 3.12. The van der Waals surface area contributed by atoms with Crippen LogP contribution in [-0.2, 0) is 6.18 Å². The summed E-state index contributed by atoms with van der Waals surface area (Å²) in [6, 6.07) is 2.61. The molecule has 0 aliphatic heterocycles. The normalized spacial score (nSPS) is 13.4. The van der Waals surface area contributed by atoms with Gasteiger partial charge in [-0.1, -0.05) is 6.92 Å². The Morgan fingerprint density at radius 2 is 2.00 bits per heavy atom. The van der Waals surface area contributed by atoms with Crippen LogP contribution in [0.5, 0.6) is 5.75 Å². The van der Waals surface area contributed by atoms with Gasteiger partial charge in [-0.3, -0.25) is 0 Å². The predicted octanol–water partition coefficient (Wildman–Crippen LogP) is 2.45. The van der Waals surface area contributed by atoms with Gasteiger partial charge in [0.1, 0.15) is 5.75 Å². The molecule has 0 spiro atoms. The van der Waals surface area contributed by atoms with Crippen molar-refractivity contribution in [3.8, 4) is 5.75 Å². The van der Waals surface area contributed by atoms with Crippen LogP contribution in [0.3, 0.4) is 0 Å². The molecule has 0 radical (unpaired) electrons. The van der Waals surface area contributed by atoms with Crippen LogP contribution in [0, 0.1) is 0 Å². The van der Waals surface area contributed by atoms with E-state index in [0.717, 1.165) is 18.6 Å². The van der Waals surface area contributed by atoms with Crippen molar-refractivity contribution < 1.29 is 17.9 Å². The van der Waals surface area contributed by atoms with Crippen LogP contribution in [0.2, 0.25) is 0 Å². The Hall–Kier alpha value is -1.27. The Kier molecular flexibility index (Phi) is 4.98. The number of hydrogen-bond acceptors (Lipinski definition) is 3. The third-order valence-electron chi connectivity index (χ3n) is 2.45. The van der Waals surface area contributed by atoms with Crippen molar-refractivity contribution in [1.82, 2.24) is 0 Å². The van der Waals surface area contributed by atoms with Gasteiger partial charge in [0.2, 0.25) is 0 Å². The number of ether oxygens (including phenoxy) is 1. The summed E-state index contributed by atoms with van der Waals surface area (Å²) in [6.45, 7) is 2.39. The van der Waals surface area contributed by atoms with E-state index in [4.69, 9.17) is 16.2 Å². The second-order valence-electron chi connectivity index (χ2n) is 3.94. The van der Waals surface area contributed by atoms with Crippen molar-refractivity contribution in [1.29, 1.82) is 0 Å². The van der Waals surface area contributed by atoms with Gasteiger partial charge >= 0.3 is 6.18 Å². The summed E-state index contributed by atoms with van der Waals surface area (Å²) >= 11 is 0.